The number of likely N-dealkylation sites (N-methyl/N-ethyl adjacent to an activating group) is 1. The summed E-state index contributed by atoms with van der Waals surface area (Å²) >= 11 is 3.60. The molecule has 0 spiro atoms. The number of halogens is 1. The van der Waals surface area contributed by atoms with Crippen molar-refractivity contribution in [2.24, 2.45) is 5.73 Å². The van der Waals surface area contributed by atoms with Gasteiger partial charge in [0.25, 0.3) is 0 Å². The van der Waals surface area contributed by atoms with Crippen molar-refractivity contribution in [3.05, 3.63) is 64.1 Å². The Morgan fingerprint density at radius 1 is 1.19 bits per heavy atom. The molecule has 0 bridgehead atoms. The standard InChI is InChI=1S/C17H21BrN2O/c1-20(12-14-6-3-4-9-16(14)18)17(11-19)13-7-5-8-15(10-13)21-2/h3-10,17H,11-12,19H2,1-2H3. The van der Waals surface area contributed by atoms with Gasteiger partial charge in [-0.25, -0.2) is 0 Å². The van der Waals surface area contributed by atoms with Crippen molar-refractivity contribution in [2.45, 2.75) is 12.6 Å². The van der Waals surface area contributed by atoms with Gasteiger partial charge in [-0.2, -0.15) is 0 Å². The smallest absolute Gasteiger partial charge is 0.119 e. The molecule has 21 heavy (non-hydrogen) atoms. The van der Waals surface area contributed by atoms with Crippen molar-refractivity contribution in [3.8, 4) is 5.75 Å². The normalized spacial score (nSPS) is 12.4. The molecule has 0 aliphatic heterocycles. The van der Waals surface area contributed by atoms with Crippen LogP contribution in [0.5, 0.6) is 5.75 Å². The van der Waals surface area contributed by atoms with E-state index in [2.05, 4.69) is 52.1 Å². The van der Waals surface area contributed by atoms with Crippen LogP contribution < -0.4 is 10.5 Å². The van der Waals surface area contributed by atoms with Gasteiger partial charge in [-0.15, -0.1) is 0 Å². The topological polar surface area (TPSA) is 38.5 Å². The number of methoxy groups -OCH3 is 1. The van der Waals surface area contributed by atoms with Gasteiger partial charge in [0.05, 0.1) is 7.11 Å². The van der Waals surface area contributed by atoms with Crippen molar-refractivity contribution >= 4 is 15.9 Å². The lowest BCUT2D eigenvalue weighted by atomic mass is 10.0. The molecule has 0 aliphatic carbocycles. The first-order valence-electron chi connectivity index (χ1n) is 6.93. The van der Waals surface area contributed by atoms with E-state index < -0.39 is 0 Å². The Hall–Kier alpha value is -1.36. The highest BCUT2D eigenvalue weighted by molar-refractivity contribution is 9.10. The molecule has 0 saturated carbocycles. The molecule has 0 radical (unpaired) electrons. The summed E-state index contributed by atoms with van der Waals surface area (Å²) < 4.78 is 6.42. The van der Waals surface area contributed by atoms with E-state index in [0.717, 1.165) is 16.8 Å². The summed E-state index contributed by atoms with van der Waals surface area (Å²) in [4.78, 5) is 2.26. The lowest BCUT2D eigenvalue weighted by Crippen LogP contribution is -2.30. The summed E-state index contributed by atoms with van der Waals surface area (Å²) in [5.74, 6) is 0.861. The highest BCUT2D eigenvalue weighted by atomic mass is 79.9. The van der Waals surface area contributed by atoms with Crippen LogP contribution in [-0.4, -0.2) is 25.6 Å². The average molecular weight is 349 g/mol. The van der Waals surface area contributed by atoms with Crippen LogP contribution in [-0.2, 0) is 6.54 Å². The molecule has 0 fully saturated rings. The minimum absolute atomic E-state index is 0.159. The third-order valence-corrected chi connectivity index (χ3v) is 4.39. The molecular formula is C17H21BrN2O. The van der Waals surface area contributed by atoms with Gasteiger partial charge in [-0.1, -0.05) is 46.3 Å². The van der Waals surface area contributed by atoms with E-state index in [4.69, 9.17) is 10.5 Å². The van der Waals surface area contributed by atoms with Gasteiger partial charge in [0.1, 0.15) is 5.75 Å². The summed E-state index contributed by atoms with van der Waals surface area (Å²) in [5, 5.41) is 0. The quantitative estimate of drug-likeness (QED) is 0.866. The number of nitrogens with two attached hydrogens (primary N) is 1. The predicted octanol–water partition coefficient (Wildman–Crippen LogP) is 3.59. The number of hydrogen-bond acceptors (Lipinski definition) is 3. The Morgan fingerprint density at radius 3 is 2.62 bits per heavy atom. The molecule has 112 valence electrons. The van der Waals surface area contributed by atoms with Crippen molar-refractivity contribution in [1.82, 2.24) is 4.90 Å². The largest absolute Gasteiger partial charge is 0.497 e. The van der Waals surface area contributed by atoms with Crippen LogP contribution >= 0.6 is 15.9 Å². The lowest BCUT2D eigenvalue weighted by molar-refractivity contribution is 0.241. The Morgan fingerprint density at radius 2 is 1.95 bits per heavy atom. The van der Waals surface area contributed by atoms with Crippen LogP contribution in [0.2, 0.25) is 0 Å². The molecule has 1 atom stereocenters. The third-order valence-electron chi connectivity index (χ3n) is 3.61. The van der Waals surface area contributed by atoms with Gasteiger partial charge >= 0.3 is 0 Å². The molecule has 2 rings (SSSR count). The number of hydrogen-bond donors (Lipinski definition) is 1. The second kappa shape index (κ2) is 7.59. The van der Waals surface area contributed by atoms with Crippen LogP contribution in [0.4, 0.5) is 0 Å². The predicted molar refractivity (Wildman–Crippen MR) is 90.4 cm³/mol. The zero-order chi connectivity index (χ0) is 15.2. The zero-order valence-electron chi connectivity index (χ0n) is 12.4. The van der Waals surface area contributed by atoms with Crippen LogP contribution in [0.1, 0.15) is 17.2 Å². The van der Waals surface area contributed by atoms with Gasteiger partial charge < -0.3 is 10.5 Å². The fourth-order valence-corrected chi connectivity index (χ4v) is 2.83. The summed E-state index contributed by atoms with van der Waals surface area (Å²) in [6.45, 7) is 1.40. The summed E-state index contributed by atoms with van der Waals surface area (Å²) in [6.07, 6.45) is 0. The van der Waals surface area contributed by atoms with Crippen molar-refractivity contribution in [2.75, 3.05) is 20.7 Å². The highest BCUT2D eigenvalue weighted by Gasteiger charge is 2.17. The second-order valence-electron chi connectivity index (χ2n) is 5.03. The van der Waals surface area contributed by atoms with Crippen molar-refractivity contribution in [1.29, 1.82) is 0 Å². The van der Waals surface area contributed by atoms with E-state index in [1.165, 1.54) is 11.1 Å². The maximum atomic E-state index is 5.99. The van der Waals surface area contributed by atoms with Gasteiger partial charge in [-0.05, 0) is 36.4 Å². The Kier molecular flexibility index (Phi) is 5.79. The molecular weight excluding hydrogens is 328 g/mol. The maximum absolute atomic E-state index is 5.99. The number of nitrogens with zero attached hydrogens (tertiary/aromatic N) is 1. The fraction of sp³-hybridized carbons (Fsp3) is 0.294. The van der Waals surface area contributed by atoms with E-state index in [1.807, 2.05) is 24.3 Å². The molecule has 3 nitrogen and oxygen atoms in total. The molecule has 2 aromatic carbocycles. The van der Waals surface area contributed by atoms with Gasteiger partial charge in [0.2, 0.25) is 0 Å². The minimum atomic E-state index is 0.159. The van der Waals surface area contributed by atoms with Crippen LogP contribution in [0, 0.1) is 0 Å². The van der Waals surface area contributed by atoms with Crippen LogP contribution in [0.25, 0.3) is 0 Å². The van der Waals surface area contributed by atoms with E-state index in [1.54, 1.807) is 7.11 Å². The molecule has 1 unspecified atom stereocenters. The minimum Gasteiger partial charge on any atom is -0.497 e. The molecule has 0 amide bonds. The molecule has 0 aliphatic rings. The first-order chi connectivity index (χ1) is 10.2. The fourth-order valence-electron chi connectivity index (χ4n) is 2.42. The number of rotatable bonds is 6. The summed E-state index contributed by atoms with van der Waals surface area (Å²) in [6, 6.07) is 16.5. The van der Waals surface area contributed by atoms with E-state index in [9.17, 15) is 0 Å². The van der Waals surface area contributed by atoms with Gasteiger partial charge in [-0.3, -0.25) is 4.90 Å². The first-order valence-corrected chi connectivity index (χ1v) is 7.72. The molecule has 4 heteroatoms. The van der Waals surface area contributed by atoms with Crippen LogP contribution in [0.3, 0.4) is 0 Å². The second-order valence-corrected chi connectivity index (χ2v) is 5.89. The third kappa shape index (κ3) is 4.06. The van der Waals surface area contributed by atoms with E-state index in [-0.39, 0.29) is 6.04 Å². The van der Waals surface area contributed by atoms with Crippen molar-refractivity contribution < 1.29 is 4.74 Å². The van der Waals surface area contributed by atoms with Crippen LogP contribution in [0.15, 0.2) is 53.0 Å². The maximum Gasteiger partial charge on any atom is 0.119 e. The molecule has 0 heterocycles. The van der Waals surface area contributed by atoms with E-state index >= 15 is 0 Å². The lowest BCUT2D eigenvalue weighted by Gasteiger charge is -2.28. The Labute approximate surface area is 134 Å². The molecule has 2 aromatic rings. The molecule has 2 N–H and O–H groups in total. The van der Waals surface area contributed by atoms with Gasteiger partial charge in [0.15, 0.2) is 0 Å². The first kappa shape index (κ1) is 16.0. The molecule has 0 saturated heterocycles. The van der Waals surface area contributed by atoms with Gasteiger partial charge in [0, 0.05) is 23.6 Å². The Balaban J connectivity index is 2.18. The average Bonchev–Trinajstić information content (AvgIpc) is 2.50. The highest BCUT2D eigenvalue weighted by Crippen LogP contribution is 2.25. The van der Waals surface area contributed by atoms with E-state index in [0.29, 0.717) is 6.54 Å². The monoisotopic (exact) mass is 348 g/mol. The van der Waals surface area contributed by atoms with Crippen molar-refractivity contribution in [3.63, 3.8) is 0 Å². The number of benzene rings is 2. The zero-order valence-corrected chi connectivity index (χ0v) is 14.0. The summed E-state index contributed by atoms with van der Waals surface area (Å²) in [5.41, 5.74) is 8.42. The molecule has 0 aromatic heterocycles. The summed E-state index contributed by atoms with van der Waals surface area (Å²) in [7, 11) is 3.78. The Bertz CT molecular complexity index is 589. The SMILES string of the molecule is COc1cccc(C(CN)N(C)Cc2ccccc2Br)c1. The number of ether oxygens (including phenoxy) is 1.